The van der Waals surface area contributed by atoms with Crippen LogP contribution in [0.2, 0.25) is 0 Å². The van der Waals surface area contributed by atoms with Gasteiger partial charge in [0.1, 0.15) is 5.82 Å². The average Bonchev–Trinajstić information content (AvgIpc) is 2.77. The number of hydrogen-bond donors (Lipinski definition) is 1. The van der Waals surface area contributed by atoms with Crippen molar-refractivity contribution in [2.24, 2.45) is 0 Å². The summed E-state index contributed by atoms with van der Waals surface area (Å²) in [6.45, 7) is 3.56. The summed E-state index contributed by atoms with van der Waals surface area (Å²) in [5.41, 5.74) is 7.75. The summed E-state index contributed by atoms with van der Waals surface area (Å²) in [4.78, 5) is 15.7. The maximum absolute atomic E-state index is 11.4. The number of nitrogens with two attached hydrogens (primary N) is 1. The van der Waals surface area contributed by atoms with E-state index in [0.717, 1.165) is 17.9 Å². The van der Waals surface area contributed by atoms with Crippen LogP contribution in [0, 0.1) is 0 Å². The van der Waals surface area contributed by atoms with E-state index in [0.29, 0.717) is 11.3 Å². The molecule has 0 amide bonds. The lowest BCUT2D eigenvalue weighted by molar-refractivity contribution is 0.101. The summed E-state index contributed by atoms with van der Waals surface area (Å²) in [5, 5.41) is 0. The Hall–Kier alpha value is -2.10. The number of rotatable bonds is 3. The van der Waals surface area contributed by atoms with Crippen LogP contribution < -0.4 is 5.73 Å². The second-order valence-corrected chi connectivity index (χ2v) is 3.89. The van der Waals surface area contributed by atoms with E-state index in [1.807, 2.05) is 23.8 Å². The van der Waals surface area contributed by atoms with Crippen molar-refractivity contribution in [3.05, 3.63) is 42.0 Å². The zero-order valence-electron chi connectivity index (χ0n) is 9.97. The molecule has 0 aliphatic carbocycles. The Bertz CT molecular complexity index is 558. The predicted molar refractivity (Wildman–Crippen MR) is 67.4 cm³/mol. The Morgan fingerprint density at radius 3 is 2.88 bits per heavy atom. The largest absolute Gasteiger partial charge is 0.398 e. The molecule has 1 aromatic heterocycles. The zero-order valence-corrected chi connectivity index (χ0v) is 9.97. The van der Waals surface area contributed by atoms with Gasteiger partial charge in [-0.15, -0.1) is 0 Å². The lowest BCUT2D eigenvalue weighted by atomic mass is 10.1. The summed E-state index contributed by atoms with van der Waals surface area (Å²) in [7, 11) is 0. The van der Waals surface area contributed by atoms with Crippen LogP contribution in [0.4, 0.5) is 5.69 Å². The molecule has 17 heavy (non-hydrogen) atoms. The van der Waals surface area contributed by atoms with Crippen molar-refractivity contribution in [3.63, 3.8) is 0 Å². The van der Waals surface area contributed by atoms with E-state index in [-0.39, 0.29) is 5.78 Å². The number of aromatic nitrogens is 2. The molecule has 0 fully saturated rings. The van der Waals surface area contributed by atoms with Crippen LogP contribution in [0.25, 0.3) is 5.69 Å². The molecule has 0 spiro atoms. The highest BCUT2D eigenvalue weighted by Gasteiger charge is 2.08. The van der Waals surface area contributed by atoms with Gasteiger partial charge in [0.15, 0.2) is 5.78 Å². The van der Waals surface area contributed by atoms with Gasteiger partial charge in [-0.05, 0) is 25.1 Å². The Balaban J connectivity index is 2.54. The highest BCUT2D eigenvalue weighted by atomic mass is 16.1. The fourth-order valence-electron chi connectivity index (χ4n) is 1.83. The Kier molecular flexibility index (Phi) is 2.95. The maximum Gasteiger partial charge on any atom is 0.161 e. The first-order valence-corrected chi connectivity index (χ1v) is 5.56. The molecular weight excluding hydrogens is 214 g/mol. The fraction of sp³-hybridized carbons (Fsp3) is 0.231. The van der Waals surface area contributed by atoms with Gasteiger partial charge in [-0.25, -0.2) is 4.98 Å². The summed E-state index contributed by atoms with van der Waals surface area (Å²) < 4.78 is 1.96. The second-order valence-electron chi connectivity index (χ2n) is 3.89. The number of nitrogens with zero attached hydrogens (tertiary/aromatic N) is 2. The van der Waals surface area contributed by atoms with Gasteiger partial charge in [0.25, 0.3) is 0 Å². The van der Waals surface area contributed by atoms with Crippen LogP contribution in [0.5, 0.6) is 0 Å². The minimum absolute atomic E-state index is 0.0255. The van der Waals surface area contributed by atoms with Crippen molar-refractivity contribution in [2.75, 3.05) is 5.73 Å². The van der Waals surface area contributed by atoms with Gasteiger partial charge in [-0.2, -0.15) is 0 Å². The molecule has 0 saturated carbocycles. The molecule has 2 rings (SSSR count). The van der Waals surface area contributed by atoms with Crippen molar-refractivity contribution < 1.29 is 4.79 Å². The van der Waals surface area contributed by atoms with Crippen molar-refractivity contribution >= 4 is 11.5 Å². The van der Waals surface area contributed by atoms with Gasteiger partial charge in [-0.1, -0.05) is 6.92 Å². The molecular formula is C13H15N3O. The maximum atomic E-state index is 11.4. The van der Waals surface area contributed by atoms with E-state index in [4.69, 9.17) is 5.73 Å². The number of nitrogen functional groups attached to an aromatic ring is 1. The normalized spacial score (nSPS) is 10.5. The second kappa shape index (κ2) is 4.41. The number of benzene rings is 1. The lowest BCUT2D eigenvalue weighted by Crippen LogP contribution is -2.04. The number of Topliss-reactive ketones (excluding diaryl/α,β-unsaturated/α-hetero) is 1. The molecule has 0 aliphatic heterocycles. The van der Waals surface area contributed by atoms with Gasteiger partial charge in [0.05, 0.1) is 0 Å². The number of carbonyl (C=O) groups excluding carboxylic acids is 1. The van der Waals surface area contributed by atoms with Gasteiger partial charge in [0.2, 0.25) is 0 Å². The lowest BCUT2D eigenvalue weighted by Gasteiger charge is -2.09. The molecule has 2 N–H and O–H groups in total. The number of imidazole rings is 1. The molecule has 0 aliphatic rings. The molecule has 1 aromatic carbocycles. The smallest absolute Gasteiger partial charge is 0.161 e. The van der Waals surface area contributed by atoms with Gasteiger partial charge in [0, 0.05) is 35.8 Å². The third kappa shape index (κ3) is 2.06. The van der Waals surface area contributed by atoms with E-state index in [1.54, 1.807) is 18.3 Å². The van der Waals surface area contributed by atoms with Crippen molar-refractivity contribution in [1.29, 1.82) is 0 Å². The Labute approximate surface area is 100 Å². The monoisotopic (exact) mass is 229 g/mol. The first kappa shape index (κ1) is 11.4. The number of anilines is 1. The van der Waals surface area contributed by atoms with Crippen molar-refractivity contribution in [2.45, 2.75) is 20.3 Å². The van der Waals surface area contributed by atoms with Crippen LogP contribution in [0.3, 0.4) is 0 Å². The fourth-order valence-corrected chi connectivity index (χ4v) is 1.83. The quantitative estimate of drug-likeness (QED) is 0.648. The predicted octanol–water partition coefficient (Wildman–Crippen LogP) is 2.22. The molecule has 0 saturated heterocycles. The number of ketones is 1. The zero-order chi connectivity index (χ0) is 12.4. The third-order valence-corrected chi connectivity index (χ3v) is 2.73. The summed E-state index contributed by atoms with van der Waals surface area (Å²) >= 11 is 0. The standard InChI is InChI=1S/C13H15N3O/c1-3-13-15-6-7-16(13)10-4-5-12(14)11(8-10)9(2)17/h4-8H,3,14H2,1-2H3. The summed E-state index contributed by atoms with van der Waals surface area (Å²) in [6.07, 6.45) is 4.48. The highest BCUT2D eigenvalue weighted by molar-refractivity contribution is 5.99. The SMILES string of the molecule is CCc1nccn1-c1ccc(N)c(C(C)=O)c1. The van der Waals surface area contributed by atoms with E-state index in [1.165, 1.54) is 6.92 Å². The third-order valence-electron chi connectivity index (χ3n) is 2.73. The van der Waals surface area contributed by atoms with E-state index in [9.17, 15) is 4.79 Å². The highest BCUT2D eigenvalue weighted by Crippen LogP contribution is 2.19. The van der Waals surface area contributed by atoms with Gasteiger partial charge >= 0.3 is 0 Å². The molecule has 2 aromatic rings. The summed E-state index contributed by atoms with van der Waals surface area (Å²) in [5.74, 6) is 0.937. The molecule has 0 radical (unpaired) electrons. The number of aryl methyl sites for hydroxylation is 1. The molecule has 0 bridgehead atoms. The van der Waals surface area contributed by atoms with Crippen molar-refractivity contribution in [3.8, 4) is 5.69 Å². The van der Waals surface area contributed by atoms with Gasteiger partial charge in [-0.3, -0.25) is 4.79 Å². The molecule has 0 unspecified atom stereocenters. The van der Waals surface area contributed by atoms with Crippen LogP contribution in [0.15, 0.2) is 30.6 Å². The minimum Gasteiger partial charge on any atom is -0.398 e. The Morgan fingerprint density at radius 1 is 1.47 bits per heavy atom. The molecule has 0 atom stereocenters. The van der Waals surface area contributed by atoms with Crippen LogP contribution >= 0.6 is 0 Å². The van der Waals surface area contributed by atoms with Crippen LogP contribution in [-0.4, -0.2) is 15.3 Å². The first-order valence-electron chi connectivity index (χ1n) is 5.56. The van der Waals surface area contributed by atoms with E-state index in [2.05, 4.69) is 4.98 Å². The average molecular weight is 229 g/mol. The van der Waals surface area contributed by atoms with Crippen LogP contribution in [-0.2, 0) is 6.42 Å². The minimum atomic E-state index is -0.0255. The molecule has 88 valence electrons. The van der Waals surface area contributed by atoms with Crippen molar-refractivity contribution in [1.82, 2.24) is 9.55 Å². The topological polar surface area (TPSA) is 60.9 Å². The number of hydrogen-bond acceptors (Lipinski definition) is 3. The first-order chi connectivity index (χ1) is 8.13. The summed E-state index contributed by atoms with van der Waals surface area (Å²) in [6, 6.07) is 5.45. The van der Waals surface area contributed by atoms with E-state index < -0.39 is 0 Å². The number of carbonyl (C=O) groups is 1. The van der Waals surface area contributed by atoms with E-state index >= 15 is 0 Å². The molecule has 4 nitrogen and oxygen atoms in total. The molecule has 1 heterocycles. The Morgan fingerprint density at radius 2 is 2.24 bits per heavy atom. The van der Waals surface area contributed by atoms with Gasteiger partial charge < -0.3 is 10.3 Å². The van der Waals surface area contributed by atoms with Crippen LogP contribution in [0.1, 0.15) is 30.0 Å². The molecule has 4 heteroatoms.